The molecule has 0 saturated carbocycles. The summed E-state index contributed by atoms with van der Waals surface area (Å²) in [6.45, 7) is 1.53. The summed E-state index contributed by atoms with van der Waals surface area (Å²) in [5.41, 5.74) is -3.26. The van der Waals surface area contributed by atoms with Crippen LogP contribution in [0.2, 0.25) is 0 Å². The van der Waals surface area contributed by atoms with Crippen LogP contribution < -0.4 is 0 Å². The number of halogens is 3. The molecule has 0 aliphatic rings. The van der Waals surface area contributed by atoms with Gasteiger partial charge in [0, 0.05) is 5.25 Å². The van der Waals surface area contributed by atoms with E-state index in [9.17, 15) is 13.2 Å². The summed E-state index contributed by atoms with van der Waals surface area (Å²) in [5.74, 6) is 0. The molecule has 15 heavy (non-hydrogen) atoms. The van der Waals surface area contributed by atoms with Crippen molar-refractivity contribution in [1.82, 2.24) is 0 Å². The molecule has 0 radical (unpaired) electrons. The van der Waals surface area contributed by atoms with Gasteiger partial charge in [-0.15, -0.1) is 0 Å². The first-order valence-corrected chi connectivity index (χ1v) is 5.33. The van der Waals surface area contributed by atoms with Gasteiger partial charge in [0.05, 0.1) is 0 Å². The summed E-state index contributed by atoms with van der Waals surface area (Å²) in [4.78, 5) is 0. The molecule has 1 unspecified atom stereocenters. The average molecular weight is 232 g/mol. The minimum Gasteiger partial charge on any atom is -0.160 e. The van der Waals surface area contributed by atoms with Crippen molar-refractivity contribution in [2.24, 2.45) is 0 Å². The highest BCUT2D eigenvalue weighted by Gasteiger charge is 2.30. The second-order valence-electron chi connectivity index (χ2n) is 3.04. The first-order chi connectivity index (χ1) is 6.97. The first-order valence-electron chi connectivity index (χ1n) is 4.45. The monoisotopic (exact) mass is 232 g/mol. The Morgan fingerprint density at radius 2 is 1.80 bits per heavy atom. The van der Waals surface area contributed by atoms with E-state index in [1.54, 1.807) is 12.2 Å². The Kier molecular flexibility index (Phi) is 4.27. The zero-order chi connectivity index (χ0) is 11.3. The van der Waals surface area contributed by atoms with Crippen molar-refractivity contribution < 1.29 is 13.2 Å². The molecule has 0 aromatic heterocycles. The Hall–Kier alpha value is -0.900. The number of thioether (sulfide) groups is 1. The van der Waals surface area contributed by atoms with Crippen molar-refractivity contribution in [3.8, 4) is 0 Å². The van der Waals surface area contributed by atoms with E-state index in [1.165, 1.54) is 6.92 Å². The zero-order valence-electron chi connectivity index (χ0n) is 8.16. The minimum atomic E-state index is -4.17. The molecule has 0 fully saturated rings. The molecule has 0 aliphatic heterocycles. The Bertz CT molecular complexity index is 316. The highest BCUT2D eigenvalue weighted by molar-refractivity contribution is 8.00. The van der Waals surface area contributed by atoms with Gasteiger partial charge in [-0.2, -0.15) is 13.2 Å². The van der Waals surface area contributed by atoms with E-state index in [-0.39, 0.29) is 11.8 Å². The van der Waals surface area contributed by atoms with Gasteiger partial charge in [-0.1, -0.05) is 42.5 Å². The van der Waals surface area contributed by atoms with Crippen molar-refractivity contribution in [3.05, 3.63) is 42.0 Å². The number of benzene rings is 1. The van der Waals surface area contributed by atoms with Crippen molar-refractivity contribution >= 4 is 17.8 Å². The molecule has 4 heteroatoms. The molecule has 1 atom stereocenters. The van der Waals surface area contributed by atoms with E-state index in [0.717, 1.165) is 5.56 Å². The molecule has 0 nitrogen and oxygen atoms in total. The first kappa shape index (κ1) is 12.2. The third kappa shape index (κ3) is 5.52. The van der Waals surface area contributed by atoms with Crippen LogP contribution in [0.4, 0.5) is 13.2 Å². The number of rotatable bonds is 3. The molecule has 0 bridgehead atoms. The quantitative estimate of drug-likeness (QED) is 0.747. The summed E-state index contributed by atoms with van der Waals surface area (Å²) in [6, 6.07) is 9.26. The minimum absolute atomic E-state index is 0.0108. The molecular weight excluding hydrogens is 221 g/mol. The third-order valence-electron chi connectivity index (χ3n) is 1.68. The van der Waals surface area contributed by atoms with E-state index in [1.807, 2.05) is 30.3 Å². The molecule has 1 aromatic carbocycles. The maximum atomic E-state index is 12.0. The molecule has 0 saturated heterocycles. The van der Waals surface area contributed by atoms with E-state index in [4.69, 9.17) is 0 Å². The normalized spacial score (nSPS) is 14.4. The predicted molar refractivity (Wildman–Crippen MR) is 58.6 cm³/mol. The third-order valence-corrected chi connectivity index (χ3v) is 2.47. The van der Waals surface area contributed by atoms with E-state index in [0.29, 0.717) is 0 Å². The summed E-state index contributed by atoms with van der Waals surface area (Å²) in [5, 5.41) is -0.565. The lowest BCUT2D eigenvalue weighted by Gasteiger charge is -2.08. The van der Waals surface area contributed by atoms with Gasteiger partial charge in [0.15, 0.2) is 0 Å². The van der Waals surface area contributed by atoms with Crippen LogP contribution in [0.3, 0.4) is 0 Å². The van der Waals surface area contributed by atoms with Gasteiger partial charge in [0.25, 0.3) is 0 Å². The largest absolute Gasteiger partial charge is 0.442 e. The molecule has 1 rings (SSSR count). The highest BCUT2D eigenvalue weighted by Crippen LogP contribution is 2.34. The second-order valence-corrected chi connectivity index (χ2v) is 4.48. The standard InChI is InChI=1S/C11H11F3S/c1-9(15-11(12,13)14)7-8-10-5-3-2-4-6-10/h2-9H,1H3/b8-7+. The Morgan fingerprint density at radius 1 is 1.20 bits per heavy atom. The van der Waals surface area contributed by atoms with Crippen LogP contribution in [0.15, 0.2) is 36.4 Å². The van der Waals surface area contributed by atoms with E-state index >= 15 is 0 Å². The van der Waals surface area contributed by atoms with Crippen LogP contribution >= 0.6 is 11.8 Å². The highest BCUT2D eigenvalue weighted by atomic mass is 32.2. The number of hydrogen-bond donors (Lipinski definition) is 0. The summed E-state index contributed by atoms with van der Waals surface area (Å²) < 4.78 is 35.9. The fourth-order valence-electron chi connectivity index (χ4n) is 1.06. The number of alkyl halides is 3. The molecule has 1 aromatic rings. The van der Waals surface area contributed by atoms with E-state index < -0.39 is 10.8 Å². The number of hydrogen-bond acceptors (Lipinski definition) is 1. The van der Waals surface area contributed by atoms with E-state index in [2.05, 4.69) is 0 Å². The lowest BCUT2D eigenvalue weighted by Crippen LogP contribution is -2.06. The maximum absolute atomic E-state index is 12.0. The molecule has 0 aliphatic carbocycles. The van der Waals surface area contributed by atoms with Crippen LogP contribution in [0.5, 0.6) is 0 Å². The Labute approximate surface area is 91.2 Å². The topological polar surface area (TPSA) is 0 Å². The van der Waals surface area contributed by atoms with Gasteiger partial charge in [-0.05, 0) is 24.2 Å². The molecule has 0 N–H and O–H groups in total. The summed E-state index contributed by atoms with van der Waals surface area (Å²) in [7, 11) is 0. The fourth-order valence-corrected chi connectivity index (χ4v) is 1.64. The van der Waals surface area contributed by atoms with Crippen molar-refractivity contribution in [1.29, 1.82) is 0 Å². The zero-order valence-corrected chi connectivity index (χ0v) is 8.98. The molecule has 82 valence electrons. The molecule has 0 heterocycles. The van der Waals surface area contributed by atoms with Crippen LogP contribution in [0, 0.1) is 0 Å². The van der Waals surface area contributed by atoms with Gasteiger partial charge in [0.2, 0.25) is 0 Å². The van der Waals surface area contributed by atoms with Crippen LogP contribution in [0.1, 0.15) is 12.5 Å². The van der Waals surface area contributed by atoms with Crippen LogP contribution in [0.25, 0.3) is 6.08 Å². The Morgan fingerprint density at radius 3 is 2.33 bits per heavy atom. The van der Waals surface area contributed by atoms with Crippen LogP contribution in [-0.2, 0) is 0 Å². The smallest absolute Gasteiger partial charge is 0.160 e. The van der Waals surface area contributed by atoms with Crippen molar-refractivity contribution in [2.45, 2.75) is 17.7 Å². The average Bonchev–Trinajstić information content (AvgIpc) is 2.14. The maximum Gasteiger partial charge on any atom is 0.442 e. The lowest BCUT2D eigenvalue weighted by atomic mass is 10.2. The van der Waals surface area contributed by atoms with Gasteiger partial charge in [0.1, 0.15) is 0 Å². The van der Waals surface area contributed by atoms with Crippen molar-refractivity contribution in [2.75, 3.05) is 0 Å². The molecule has 0 amide bonds. The summed E-state index contributed by atoms with van der Waals surface area (Å²) >= 11 is -0.0108. The molecular formula is C11H11F3S. The Balaban J connectivity index is 2.52. The fraction of sp³-hybridized carbons (Fsp3) is 0.273. The second kappa shape index (κ2) is 5.26. The van der Waals surface area contributed by atoms with Gasteiger partial charge in [-0.25, -0.2) is 0 Å². The van der Waals surface area contributed by atoms with Gasteiger partial charge in [-0.3, -0.25) is 0 Å². The predicted octanol–water partition coefficient (Wildman–Crippen LogP) is 4.34. The molecule has 0 spiro atoms. The lowest BCUT2D eigenvalue weighted by molar-refractivity contribution is -0.0330. The van der Waals surface area contributed by atoms with Gasteiger partial charge < -0.3 is 0 Å². The van der Waals surface area contributed by atoms with Crippen LogP contribution in [-0.4, -0.2) is 10.8 Å². The van der Waals surface area contributed by atoms with Crippen molar-refractivity contribution in [3.63, 3.8) is 0 Å². The summed E-state index contributed by atoms with van der Waals surface area (Å²) in [6.07, 6.45) is 3.25. The SMILES string of the molecule is CC(/C=C/c1ccccc1)SC(F)(F)F. The van der Waals surface area contributed by atoms with Gasteiger partial charge >= 0.3 is 5.51 Å².